The van der Waals surface area contributed by atoms with Crippen molar-refractivity contribution in [3.63, 3.8) is 0 Å². The molecule has 0 aliphatic carbocycles. The maximum atomic E-state index is 13.0. The third kappa shape index (κ3) is 10.9. The van der Waals surface area contributed by atoms with Crippen molar-refractivity contribution in [3.8, 4) is 22.4 Å². The van der Waals surface area contributed by atoms with Crippen molar-refractivity contribution in [3.05, 3.63) is 103 Å². The lowest BCUT2D eigenvalue weighted by Gasteiger charge is -2.21. The second-order valence-corrected chi connectivity index (χ2v) is 13.2. The molecule has 1 aromatic heterocycles. The minimum Gasteiger partial charge on any atom is -0.369 e. The van der Waals surface area contributed by atoms with Crippen molar-refractivity contribution in [2.24, 2.45) is 15.9 Å². The summed E-state index contributed by atoms with van der Waals surface area (Å²) in [6, 6.07) is 30.5. The van der Waals surface area contributed by atoms with E-state index in [0.29, 0.717) is 12.2 Å². The van der Waals surface area contributed by atoms with E-state index < -0.39 is 26.2 Å². The van der Waals surface area contributed by atoms with Gasteiger partial charge in [-0.15, -0.1) is 14.6 Å². The van der Waals surface area contributed by atoms with Gasteiger partial charge in [-0.2, -0.15) is 13.0 Å². The van der Waals surface area contributed by atoms with E-state index >= 15 is 0 Å². The van der Waals surface area contributed by atoms with Gasteiger partial charge in [-0.05, 0) is 47.5 Å². The number of guanidine groups is 1. The van der Waals surface area contributed by atoms with Gasteiger partial charge in [-0.3, -0.25) is 4.79 Å². The summed E-state index contributed by atoms with van der Waals surface area (Å²) in [5, 5.41) is 2.85. The van der Waals surface area contributed by atoms with Gasteiger partial charge in [0.15, 0.2) is 12.2 Å². The van der Waals surface area contributed by atoms with E-state index in [1.54, 1.807) is 0 Å². The molecule has 0 aliphatic heterocycles. The first-order valence-electron chi connectivity index (χ1n) is 13.5. The minimum atomic E-state index is -4.94. The number of aromatic nitrogens is 1. The molecule has 4 aromatic rings. The lowest BCUT2D eigenvalue weighted by Crippen LogP contribution is -2.68. The van der Waals surface area contributed by atoms with Crippen molar-refractivity contribution in [1.29, 1.82) is 0 Å². The third-order valence-electron chi connectivity index (χ3n) is 6.34. The van der Waals surface area contributed by atoms with E-state index in [1.165, 1.54) is 24.3 Å². The van der Waals surface area contributed by atoms with Crippen molar-refractivity contribution >= 4 is 27.6 Å². The number of sulfonamides is 1. The highest BCUT2D eigenvalue weighted by Gasteiger charge is 2.30. The van der Waals surface area contributed by atoms with Crippen LogP contribution in [0.1, 0.15) is 32.9 Å². The van der Waals surface area contributed by atoms with Crippen LogP contribution in [0, 0.1) is 10.2 Å². The Labute approximate surface area is 264 Å². The number of nitrogens with zero attached hydrogens (tertiary/aromatic N) is 2. The Kier molecular flexibility index (Phi) is 11.4. The topological polar surface area (TPSA) is 224 Å². The fourth-order valence-corrected chi connectivity index (χ4v) is 5.33. The van der Waals surface area contributed by atoms with Crippen LogP contribution in [0.15, 0.2) is 106 Å². The molecule has 0 saturated carbocycles. The van der Waals surface area contributed by atoms with Crippen LogP contribution in [0.4, 0.5) is 5.69 Å². The van der Waals surface area contributed by atoms with Crippen LogP contribution in [0.25, 0.3) is 22.4 Å². The van der Waals surface area contributed by atoms with Gasteiger partial charge in [0, 0.05) is 28.8 Å². The second-order valence-electron chi connectivity index (χ2n) is 10.8. The summed E-state index contributed by atoms with van der Waals surface area (Å²) >= 11 is 0. The summed E-state index contributed by atoms with van der Waals surface area (Å²) in [6.45, 7) is 6.95. The highest BCUT2D eigenvalue weighted by atomic mass is 35.7. The molecule has 0 bridgehead atoms. The first-order valence-corrected chi connectivity index (χ1v) is 16.2. The molecule has 3 aromatic carbocycles. The molecule has 0 fully saturated rings. The van der Waals surface area contributed by atoms with Gasteiger partial charge in [0.25, 0.3) is 10.0 Å². The summed E-state index contributed by atoms with van der Waals surface area (Å²) in [7, 11) is -8.95. The Bertz CT molecular complexity index is 1730. The Morgan fingerprint density at radius 3 is 1.82 bits per heavy atom. The lowest BCUT2D eigenvalue weighted by atomic mass is 9.88. The number of pyridine rings is 1. The van der Waals surface area contributed by atoms with Crippen molar-refractivity contribution in [2.75, 3.05) is 5.32 Å². The number of nitrogens with two attached hydrogens (primary N) is 2. The number of rotatable bonds is 8. The predicted octanol–water partition coefficient (Wildman–Crippen LogP) is -0.159. The highest BCUT2D eigenvalue weighted by Crippen LogP contribution is 2.30. The Balaban J connectivity index is 0.00000102. The smallest absolute Gasteiger partial charge is 0.285 e. The SMILES string of the molecule is CC(C)(C)c1cc(-c2ccccc2)cc(-c2ccccc2)[n+]1CCC(=O)Nc1ccc(S(=O)(=O)N=C(N)N)cc1.[O-][Cl+3]([O-])([O-])[O-]. The van der Waals surface area contributed by atoms with E-state index in [-0.39, 0.29) is 22.6 Å². The van der Waals surface area contributed by atoms with E-state index in [0.717, 1.165) is 28.1 Å². The molecule has 45 heavy (non-hydrogen) atoms. The van der Waals surface area contributed by atoms with E-state index in [1.807, 2.05) is 36.4 Å². The molecule has 1 heterocycles. The third-order valence-corrected chi connectivity index (χ3v) is 7.65. The number of amides is 1. The zero-order chi connectivity index (χ0) is 33.4. The lowest BCUT2D eigenvalue weighted by molar-refractivity contribution is -2.00. The van der Waals surface area contributed by atoms with E-state index in [9.17, 15) is 13.2 Å². The summed E-state index contributed by atoms with van der Waals surface area (Å²) in [4.78, 5) is 12.9. The van der Waals surface area contributed by atoms with Crippen LogP contribution in [-0.2, 0) is 26.8 Å². The number of carbonyl (C=O) groups is 1. The molecular weight excluding hydrogens is 622 g/mol. The quantitative estimate of drug-likeness (QED) is 0.130. The first kappa shape index (κ1) is 35.1. The second kappa shape index (κ2) is 14.6. The number of carbonyl (C=O) groups excluding carboxylic acids is 1. The molecule has 1 amide bonds. The Hall–Kier alpha value is -4.37. The van der Waals surface area contributed by atoms with Gasteiger partial charge in [-0.1, -0.05) is 69.3 Å². The van der Waals surface area contributed by atoms with Crippen LogP contribution < -0.4 is 40.0 Å². The van der Waals surface area contributed by atoms with E-state index in [4.69, 9.17) is 30.1 Å². The van der Waals surface area contributed by atoms with Crippen molar-refractivity contribution in [1.82, 2.24) is 0 Å². The summed E-state index contributed by atoms with van der Waals surface area (Å²) in [5.41, 5.74) is 16.1. The van der Waals surface area contributed by atoms with Gasteiger partial charge in [0.05, 0.1) is 11.3 Å². The van der Waals surface area contributed by atoms with Gasteiger partial charge < -0.3 is 16.8 Å². The number of halogens is 1. The molecule has 0 spiro atoms. The molecule has 5 N–H and O–H groups in total. The van der Waals surface area contributed by atoms with Gasteiger partial charge in [-0.25, -0.2) is 18.6 Å². The average molecular weight is 656 g/mol. The van der Waals surface area contributed by atoms with Crippen molar-refractivity contribution in [2.45, 2.75) is 44.0 Å². The fraction of sp³-hybridized carbons (Fsp3) is 0.194. The first-order chi connectivity index (χ1) is 20.9. The normalized spacial score (nSPS) is 11.6. The zero-order valence-electron chi connectivity index (χ0n) is 24.8. The maximum Gasteiger partial charge on any atom is 0.285 e. The highest BCUT2D eigenvalue weighted by molar-refractivity contribution is 7.90. The maximum absolute atomic E-state index is 13.0. The Morgan fingerprint density at radius 2 is 1.33 bits per heavy atom. The molecule has 238 valence electrons. The number of hydrogen-bond acceptors (Lipinski definition) is 7. The van der Waals surface area contributed by atoms with Crippen LogP contribution in [0.5, 0.6) is 0 Å². The van der Waals surface area contributed by atoms with Crippen LogP contribution >= 0.6 is 0 Å². The number of nitrogens with one attached hydrogen (secondary N) is 1. The van der Waals surface area contributed by atoms with Crippen molar-refractivity contribution < 1.29 is 46.7 Å². The predicted molar refractivity (Wildman–Crippen MR) is 159 cm³/mol. The molecule has 0 radical (unpaired) electrons. The molecule has 12 nitrogen and oxygen atoms in total. The van der Waals surface area contributed by atoms with Crippen LogP contribution in [0.3, 0.4) is 0 Å². The molecule has 0 atom stereocenters. The van der Waals surface area contributed by atoms with Crippen LogP contribution in [-0.4, -0.2) is 20.3 Å². The fourth-order valence-electron chi connectivity index (χ4n) is 4.47. The Morgan fingerprint density at radius 1 is 0.822 bits per heavy atom. The monoisotopic (exact) mass is 655 g/mol. The number of anilines is 1. The average Bonchev–Trinajstić information content (AvgIpc) is 2.95. The molecule has 4 rings (SSSR count). The van der Waals surface area contributed by atoms with Crippen LogP contribution in [0.2, 0.25) is 0 Å². The summed E-state index contributed by atoms with van der Waals surface area (Å²) < 4.78 is 63.8. The summed E-state index contributed by atoms with van der Waals surface area (Å²) in [6.07, 6.45) is 0.215. The standard InChI is InChI=1S/C31H33N5O3S.ClHO4/c1-31(2,3)28-21-24(22-10-6-4-7-11-22)20-27(23-12-8-5-9-13-23)36(28)19-18-29(37)34-25-14-16-26(17-15-25)40(38,39)35-30(32)33;2-1(3,4)5/h4-17,20-21H,18-19H2,1-3H3,(H4-,32,33,34,35,37);(H,2,3,4,5). The molecule has 0 unspecified atom stereocenters. The number of hydrogen-bond donors (Lipinski definition) is 3. The van der Waals surface area contributed by atoms with Gasteiger partial charge >= 0.3 is 0 Å². The van der Waals surface area contributed by atoms with E-state index in [2.05, 4.69) is 71.5 Å². The molecular formula is C31H34ClN5O7S. The number of benzene rings is 3. The molecule has 0 aliphatic rings. The zero-order valence-corrected chi connectivity index (χ0v) is 26.4. The summed E-state index contributed by atoms with van der Waals surface area (Å²) in [5.74, 6) is -0.741. The molecule has 0 saturated heterocycles. The van der Waals surface area contributed by atoms with Gasteiger partial charge in [0.1, 0.15) is 0 Å². The minimum absolute atomic E-state index is 0.0738. The van der Waals surface area contributed by atoms with Gasteiger partial charge in [0.2, 0.25) is 17.6 Å². The largest absolute Gasteiger partial charge is 0.369 e. The molecule has 14 heteroatoms.